The van der Waals surface area contributed by atoms with Gasteiger partial charge in [0.2, 0.25) is 0 Å². The molecule has 0 unspecified atom stereocenters. The van der Waals surface area contributed by atoms with Crippen molar-refractivity contribution in [3.8, 4) is 5.69 Å². The van der Waals surface area contributed by atoms with E-state index in [2.05, 4.69) is 4.98 Å². The third-order valence-corrected chi connectivity index (χ3v) is 3.68. The van der Waals surface area contributed by atoms with Crippen LogP contribution in [-0.2, 0) is 11.2 Å². The molecular weight excluding hydrogens is 310 g/mol. The fourth-order valence-corrected chi connectivity index (χ4v) is 2.64. The van der Waals surface area contributed by atoms with Gasteiger partial charge in [0.1, 0.15) is 5.60 Å². The summed E-state index contributed by atoms with van der Waals surface area (Å²) < 4.78 is 6.76. The van der Waals surface area contributed by atoms with Gasteiger partial charge in [-0.1, -0.05) is 6.07 Å². The molecule has 2 aromatic rings. The fourth-order valence-electron chi connectivity index (χ4n) is 2.64. The predicted octanol–water partition coefficient (Wildman–Crippen LogP) is 1.82. The number of nitrogens with zero attached hydrogens (tertiary/aromatic N) is 2. The van der Waals surface area contributed by atoms with Crippen molar-refractivity contribution < 1.29 is 9.53 Å². The molecule has 0 saturated heterocycles. The van der Waals surface area contributed by atoms with E-state index in [0.717, 1.165) is 17.7 Å². The summed E-state index contributed by atoms with van der Waals surface area (Å²) in [7, 11) is 0. The Hall–Kier alpha value is -2.83. The number of amides is 1. The van der Waals surface area contributed by atoms with Crippen LogP contribution in [-0.4, -0.2) is 27.8 Å². The molecule has 0 radical (unpaired) electrons. The third kappa shape index (κ3) is 3.10. The van der Waals surface area contributed by atoms with Crippen molar-refractivity contribution in [1.29, 1.82) is 0 Å². The lowest BCUT2D eigenvalue weighted by Gasteiger charge is -2.25. The second kappa shape index (κ2) is 5.67. The number of nitrogens with one attached hydrogen (secondary N) is 1. The van der Waals surface area contributed by atoms with Crippen molar-refractivity contribution in [3.05, 3.63) is 56.9 Å². The molecule has 1 amide bonds. The smallest absolute Gasteiger partial charge is 0.414 e. The lowest BCUT2D eigenvalue weighted by molar-refractivity contribution is 0.0584. The Kier molecular flexibility index (Phi) is 3.79. The summed E-state index contributed by atoms with van der Waals surface area (Å²) >= 11 is 0. The number of carbonyl (C=O) groups is 1. The van der Waals surface area contributed by atoms with Gasteiger partial charge in [-0.3, -0.25) is 19.2 Å². The van der Waals surface area contributed by atoms with Gasteiger partial charge in [0, 0.05) is 18.8 Å². The molecule has 1 aromatic carbocycles. The van der Waals surface area contributed by atoms with Crippen LogP contribution in [0.3, 0.4) is 0 Å². The number of hydrogen-bond acceptors (Lipinski definition) is 4. The summed E-state index contributed by atoms with van der Waals surface area (Å²) in [5.41, 5.74) is 0.761. The van der Waals surface area contributed by atoms with Crippen molar-refractivity contribution in [2.75, 3.05) is 11.4 Å². The Morgan fingerprint density at radius 3 is 2.62 bits per heavy atom. The van der Waals surface area contributed by atoms with E-state index in [1.807, 2.05) is 26.8 Å². The molecule has 0 atom stereocenters. The molecule has 7 nitrogen and oxygen atoms in total. The minimum Gasteiger partial charge on any atom is -0.443 e. The van der Waals surface area contributed by atoms with Crippen LogP contribution in [0.4, 0.5) is 10.5 Å². The Labute approximate surface area is 138 Å². The van der Waals surface area contributed by atoms with E-state index in [1.54, 1.807) is 17.0 Å². The van der Waals surface area contributed by atoms with E-state index >= 15 is 0 Å². The minimum absolute atomic E-state index is 0.410. The van der Waals surface area contributed by atoms with Gasteiger partial charge in [0.05, 0.1) is 11.4 Å². The fraction of sp³-hybridized carbons (Fsp3) is 0.353. The molecule has 0 aliphatic carbocycles. The van der Waals surface area contributed by atoms with Crippen molar-refractivity contribution >= 4 is 11.8 Å². The summed E-state index contributed by atoms with van der Waals surface area (Å²) in [6, 6.07) is 6.70. The van der Waals surface area contributed by atoms with Gasteiger partial charge in [-0.15, -0.1) is 0 Å². The van der Waals surface area contributed by atoms with Gasteiger partial charge in [-0.25, -0.2) is 9.59 Å². The van der Waals surface area contributed by atoms with Gasteiger partial charge >= 0.3 is 11.8 Å². The Bertz CT molecular complexity index is 905. The average Bonchev–Trinajstić information content (AvgIpc) is 2.88. The van der Waals surface area contributed by atoms with Crippen LogP contribution in [0.15, 0.2) is 40.1 Å². The molecule has 1 N–H and O–H groups in total. The molecule has 0 fully saturated rings. The summed E-state index contributed by atoms with van der Waals surface area (Å²) in [6.45, 7) is 5.99. The van der Waals surface area contributed by atoms with Crippen LogP contribution < -0.4 is 16.1 Å². The maximum absolute atomic E-state index is 12.4. The van der Waals surface area contributed by atoms with Crippen LogP contribution in [0.1, 0.15) is 26.3 Å². The van der Waals surface area contributed by atoms with Gasteiger partial charge in [0.25, 0.3) is 5.56 Å². The lowest BCUT2D eigenvalue weighted by Crippen LogP contribution is -2.35. The molecule has 0 saturated carbocycles. The molecule has 0 spiro atoms. The SMILES string of the molecule is CC(C)(C)OC(=O)N1CCc2ccc(-n3ccc(=O)[nH]c3=O)cc21. The maximum atomic E-state index is 12.4. The number of fused-ring (bicyclic) bond motifs is 1. The molecule has 24 heavy (non-hydrogen) atoms. The number of carbonyl (C=O) groups excluding carboxylic acids is 1. The minimum atomic E-state index is -0.576. The molecule has 1 aliphatic rings. The van der Waals surface area contributed by atoms with E-state index in [1.165, 1.54) is 16.8 Å². The van der Waals surface area contributed by atoms with Gasteiger partial charge < -0.3 is 4.74 Å². The zero-order chi connectivity index (χ0) is 17.5. The van der Waals surface area contributed by atoms with E-state index in [-0.39, 0.29) is 0 Å². The Morgan fingerprint density at radius 1 is 1.21 bits per heavy atom. The number of ether oxygens (including phenoxy) is 1. The first-order valence-corrected chi connectivity index (χ1v) is 7.70. The number of benzene rings is 1. The summed E-state index contributed by atoms with van der Waals surface area (Å²) in [5.74, 6) is 0. The number of H-pyrrole nitrogens is 1. The van der Waals surface area contributed by atoms with Crippen molar-refractivity contribution in [2.24, 2.45) is 0 Å². The molecular formula is C17H19N3O4. The molecule has 7 heteroatoms. The topological polar surface area (TPSA) is 84.4 Å². The number of hydrogen-bond donors (Lipinski definition) is 1. The van der Waals surface area contributed by atoms with Crippen LogP contribution in [0, 0.1) is 0 Å². The highest BCUT2D eigenvalue weighted by Crippen LogP contribution is 2.31. The summed E-state index contributed by atoms with van der Waals surface area (Å²) in [5, 5.41) is 0. The van der Waals surface area contributed by atoms with E-state index in [4.69, 9.17) is 4.74 Å². The van der Waals surface area contributed by atoms with Gasteiger partial charge in [0.15, 0.2) is 0 Å². The second-order valence-corrected chi connectivity index (χ2v) is 6.68. The quantitative estimate of drug-likeness (QED) is 0.865. The number of aromatic amines is 1. The normalized spacial score (nSPS) is 13.7. The average molecular weight is 329 g/mol. The first-order chi connectivity index (χ1) is 11.2. The van der Waals surface area contributed by atoms with Gasteiger partial charge in [-0.05, 0) is 44.9 Å². The molecule has 1 aliphatic heterocycles. The van der Waals surface area contributed by atoms with E-state index in [0.29, 0.717) is 12.2 Å². The third-order valence-electron chi connectivity index (χ3n) is 3.68. The molecule has 0 bridgehead atoms. The van der Waals surface area contributed by atoms with Crippen molar-refractivity contribution in [1.82, 2.24) is 9.55 Å². The Balaban J connectivity index is 1.98. The number of aromatic nitrogens is 2. The van der Waals surface area contributed by atoms with E-state index in [9.17, 15) is 14.4 Å². The highest BCUT2D eigenvalue weighted by molar-refractivity contribution is 5.91. The molecule has 1 aromatic heterocycles. The molecule has 126 valence electrons. The van der Waals surface area contributed by atoms with Crippen LogP contribution >= 0.6 is 0 Å². The number of anilines is 1. The van der Waals surface area contributed by atoms with Gasteiger partial charge in [-0.2, -0.15) is 0 Å². The van der Waals surface area contributed by atoms with Crippen molar-refractivity contribution in [3.63, 3.8) is 0 Å². The van der Waals surface area contributed by atoms with Crippen LogP contribution in [0.25, 0.3) is 5.69 Å². The first-order valence-electron chi connectivity index (χ1n) is 7.70. The monoisotopic (exact) mass is 329 g/mol. The zero-order valence-electron chi connectivity index (χ0n) is 13.8. The largest absolute Gasteiger partial charge is 0.443 e. The van der Waals surface area contributed by atoms with E-state index < -0.39 is 22.9 Å². The standard InChI is InChI=1S/C17H19N3O4/c1-17(2,3)24-16(23)20-8-6-11-4-5-12(10-13(11)20)19-9-7-14(21)18-15(19)22/h4-5,7,9-10H,6,8H2,1-3H3,(H,18,21,22). The first kappa shape index (κ1) is 16.0. The maximum Gasteiger partial charge on any atom is 0.414 e. The summed E-state index contributed by atoms with van der Waals surface area (Å²) in [6.07, 6.45) is 1.73. The molecule has 3 rings (SSSR count). The highest BCUT2D eigenvalue weighted by Gasteiger charge is 2.29. The second-order valence-electron chi connectivity index (χ2n) is 6.68. The Morgan fingerprint density at radius 2 is 1.96 bits per heavy atom. The highest BCUT2D eigenvalue weighted by atomic mass is 16.6. The molecule has 2 heterocycles. The van der Waals surface area contributed by atoms with Crippen molar-refractivity contribution in [2.45, 2.75) is 32.8 Å². The van der Waals surface area contributed by atoms with Crippen LogP contribution in [0.2, 0.25) is 0 Å². The number of rotatable bonds is 1. The zero-order valence-corrected chi connectivity index (χ0v) is 13.8. The predicted molar refractivity (Wildman–Crippen MR) is 89.9 cm³/mol. The van der Waals surface area contributed by atoms with Crippen LogP contribution in [0.5, 0.6) is 0 Å². The lowest BCUT2D eigenvalue weighted by atomic mass is 10.1. The summed E-state index contributed by atoms with van der Waals surface area (Å²) in [4.78, 5) is 39.3.